The topological polar surface area (TPSA) is 69.7 Å². The minimum atomic E-state index is -3.58. The number of amides is 1. The Morgan fingerprint density at radius 3 is 2.22 bits per heavy atom. The maximum Gasteiger partial charge on any atom is 0.242 e. The van der Waals surface area contributed by atoms with Crippen molar-refractivity contribution in [2.24, 2.45) is 17.3 Å². The minimum absolute atomic E-state index is 0.0787. The molecule has 2 atom stereocenters. The molecule has 1 N–H and O–H groups in total. The lowest BCUT2D eigenvalue weighted by atomic mass is 10.1. The zero-order valence-corrected chi connectivity index (χ0v) is 18.3. The third-order valence-electron chi connectivity index (χ3n) is 5.19. The van der Waals surface area contributed by atoms with Crippen molar-refractivity contribution in [2.75, 3.05) is 38.4 Å². The van der Waals surface area contributed by atoms with Gasteiger partial charge in [-0.25, -0.2) is 12.7 Å². The predicted molar refractivity (Wildman–Crippen MR) is 110 cm³/mol. The van der Waals surface area contributed by atoms with Crippen LogP contribution in [0.3, 0.4) is 0 Å². The highest BCUT2D eigenvalue weighted by Gasteiger charge is 2.60. The number of allylic oxidation sites excluding steroid dienone is 2. The normalized spacial score (nSPS) is 20.9. The first kappa shape index (κ1) is 21.4. The molecule has 150 valence electrons. The van der Waals surface area contributed by atoms with Gasteiger partial charge in [0, 0.05) is 28.2 Å². The van der Waals surface area contributed by atoms with Gasteiger partial charge in [0.25, 0.3) is 0 Å². The highest BCUT2D eigenvalue weighted by molar-refractivity contribution is 7.89. The number of rotatable bonds is 6. The lowest BCUT2D eigenvalue weighted by Crippen LogP contribution is -2.24. The van der Waals surface area contributed by atoms with Gasteiger partial charge in [-0.05, 0) is 43.4 Å². The fourth-order valence-electron chi connectivity index (χ4n) is 3.44. The van der Waals surface area contributed by atoms with Gasteiger partial charge in [0.15, 0.2) is 0 Å². The summed E-state index contributed by atoms with van der Waals surface area (Å²) in [5.74, 6) is -0.0134. The van der Waals surface area contributed by atoms with Gasteiger partial charge in [-0.15, -0.1) is 0 Å². The Kier molecular flexibility index (Phi) is 5.78. The molecule has 2 unspecified atom stereocenters. The fraction of sp³-hybridized carbons (Fsp3) is 0.550. The van der Waals surface area contributed by atoms with Gasteiger partial charge < -0.3 is 10.2 Å². The van der Waals surface area contributed by atoms with Gasteiger partial charge in [-0.3, -0.25) is 4.79 Å². The van der Waals surface area contributed by atoms with E-state index in [1.165, 1.54) is 25.7 Å². The Morgan fingerprint density at radius 2 is 1.74 bits per heavy atom. The van der Waals surface area contributed by atoms with Crippen molar-refractivity contribution < 1.29 is 13.2 Å². The zero-order valence-electron chi connectivity index (χ0n) is 17.5. The van der Waals surface area contributed by atoms with Crippen LogP contribution < -0.4 is 10.2 Å². The van der Waals surface area contributed by atoms with E-state index < -0.39 is 10.0 Å². The third kappa shape index (κ3) is 4.19. The second-order valence-corrected chi connectivity index (χ2v) is 10.6. The van der Waals surface area contributed by atoms with Gasteiger partial charge in [-0.2, -0.15) is 0 Å². The molecule has 1 aromatic carbocycles. The number of hydrogen-bond donors (Lipinski definition) is 1. The summed E-state index contributed by atoms with van der Waals surface area (Å²) in [5.41, 5.74) is 2.36. The van der Waals surface area contributed by atoms with Crippen LogP contribution in [0.25, 0.3) is 0 Å². The van der Waals surface area contributed by atoms with Crippen LogP contribution in [0.15, 0.2) is 34.7 Å². The quantitative estimate of drug-likeness (QED) is 0.754. The van der Waals surface area contributed by atoms with E-state index in [-0.39, 0.29) is 28.1 Å². The van der Waals surface area contributed by atoms with Crippen molar-refractivity contribution in [1.29, 1.82) is 0 Å². The monoisotopic (exact) mass is 393 g/mol. The number of carbonyl (C=O) groups excluding carboxylic acids is 1. The summed E-state index contributed by atoms with van der Waals surface area (Å²) in [6.45, 7) is 8.23. The second kappa shape index (κ2) is 7.28. The number of benzene rings is 1. The summed E-state index contributed by atoms with van der Waals surface area (Å²) in [6.07, 6.45) is 2.14. The molecule has 0 bridgehead atoms. The van der Waals surface area contributed by atoms with E-state index in [1.807, 2.05) is 32.8 Å². The number of anilines is 2. The van der Waals surface area contributed by atoms with Crippen LogP contribution in [0, 0.1) is 17.3 Å². The average Bonchev–Trinajstić information content (AvgIpc) is 3.06. The van der Waals surface area contributed by atoms with E-state index in [2.05, 4.69) is 25.2 Å². The molecule has 0 aromatic heterocycles. The fourth-order valence-corrected chi connectivity index (χ4v) is 4.36. The number of hydrogen-bond acceptors (Lipinski definition) is 4. The predicted octanol–water partition coefficient (Wildman–Crippen LogP) is 3.18. The minimum Gasteiger partial charge on any atom is -0.376 e. The standard InChI is InChI=1S/C20H31N3O3S/c1-13(2)11-15-18(20(15,3)4)19(24)21-16-12-14(27(25,26)23(7)8)9-10-17(16)22(5)6/h9-12,15,18H,1-8H3,(H,21,24). The Hall–Kier alpha value is -1.86. The summed E-state index contributed by atoms with van der Waals surface area (Å²) < 4.78 is 26.1. The largest absolute Gasteiger partial charge is 0.376 e. The molecule has 0 saturated heterocycles. The summed E-state index contributed by atoms with van der Waals surface area (Å²) in [5, 5.41) is 2.97. The van der Waals surface area contributed by atoms with Crippen LogP contribution >= 0.6 is 0 Å². The SMILES string of the molecule is CC(C)=CC1C(C(=O)Nc2cc(S(=O)(=O)N(C)C)ccc2N(C)C)C1(C)C. The summed E-state index contributed by atoms with van der Waals surface area (Å²) in [6, 6.07) is 4.82. The van der Waals surface area contributed by atoms with Crippen LogP contribution in [0.4, 0.5) is 11.4 Å². The summed E-state index contributed by atoms with van der Waals surface area (Å²) >= 11 is 0. The van der Waals surface area contributed by atoms with Gasteiger partial charge in [0.05, 0.1) is 22.2 Å². The molecular weight excluding hydrogens is 362 g/mol. The van der Waals surface area contributed by atoms with Crippen molar-refractivity contribution in [1.82, 2.24) is 4.31 Å². The van der Waals surface area contributed by atoms with E-state index in [1.54, 1.807) is 12.1 Å². The van der Waals surface area contributed by atoms with E-state index in [0.29, 0.717) is 5.69 Å². The highest BCUT2D eigenvalue weighted by Crippen LogP contribution is 2.59. The van der Waals surface area contributed by atoms with Gasteiger partial charge in [0.2, 0.25) is 15.9 Å². The Bertz CT molecular complexity index is 866. The first-order valence-electron chi connectivity index (χ1n) is 9.00. The van der Waals surface area contributed by atoms with E-state index >= 15 is 0 Å². The van der Waals surface area contributed by atoms with E-state index in [0.717, 1.165) is 9.99 Å². The van der Waals surface area contributed by atoms with Crippen LogP contribution in [0.1, 0.15) is 27.7 Å². The molecule has 1 fully saturated rings. The molecule has 0 heterocycles. The van der Waals surface area contributed by atoms with Crippen molar-refractivity contribution in [3.05, 3.63) is 29.8 Å². The van der Waals surface area contributed by atoms with Gasteiger partial charge >= 0.3 is 0 Å². The first-order chi connectivity index (χ1) is 12.3. The average molecular weight is 394 g/mol. The third-order valence-corrected chi connectivity index (χ3v) is 7.00. The van der Waals surface area contributed by atoms with Crippen molar-refractivity contribution in [3.63, 3.8) is 0 Å². The van der Waals surface area contributed by atoms with Crippen molar-refractivity contribution >= 4 is 27.3 Å². The smallest absolute Gasteiger partial charge is 0.242 e. The number of sulfonamides is 1. The van der Waals surface area contributed by atoms with Crippen LogP contribution in [0.5, 0.6) is 0 Å². The van der Waals surface area contributed by atoms with Crippen molar-refractivity contribution in [3.8, 4) is 0 Å². The second-order valence-electron chi connectivity index (χ2n) is 8.42. The Balaban J connectivity index is 2.37. The maximum absolute atomic E-state index is 12.9. The molecule has 2 rings (SSSR count). The summed E-state index contributed by atoms with van der Waals surface area (Å²) in [7, 11) is 3.12. The van der Waals surface area contributed by atoms with Crippen LogP contribution in [-0.4, -0.2) is 46.8 Å². The molecule has 7 heteroatoms. The molecule has 1 aliphatic rings. The number of nitrogens with one attached hydrogen (secondary N) is 1. The lowest BCUT2D eigenvalue weighted by molar-refractivity contribution is -0.118. The molecule has 0 aliphatic heterocycles. The first-order valence-corrected chi connectivity index (χ1v) is 10.4. The number of nitrogens with zero attached hydrogens (tertiary/aromatic N) is 2. The molecule has 0 radical (unpaired) electrons. The summed E-state index contributed by atoms with van der Waals surface area (Å²) in [4.78, 5) is 14.9. The zero-order chi connectivity index (χ0) is 20.7. The molecule has 1 amide bonds. The lowest BCUT2D eigenvalue weighted by Gasteiger charge is -2.20. The van der Waals surface area contributed by atoms with Crippen molar-refractivity contribution in [2.45, 2.75) is 32.6 Å². The molecule has 0 spiro atoms. The highest BCUT2D eigenvalue weighted by atomic mass is 32.2. The van der Waals surface area contributed by atoms with Gasteiger partial charge in [0.1, 0.15) is 0 Å². The molecular formula is C20H31N3O3S. The van der Waals surface area contributed by atoms with Crippen LogP contribution in [0.2, 0.25) is 0 Å². The molecule has 27 heavy (non-hydrogen) atoms. The Morgan fingerprint density at radius 1 is 1.15 bits per heavy atom. The Labute approximate surface area is 163 Å². The molecule has 6 nitrogen and oxygen atoms in total. The molecule has 1 saturated carbocycles. The van der Waals surface area contributed by atoms with E-state index in [9.17, 15) is 13.2 Å². The van der Waals surface area contributed by atoms with Gasteiger partial charge in [-0.1, -0.05) is 25.5 Å². The van der Waals surface area contributed by atoms with Crippen LogP contribution in [-0.2, 0) is 14.8 Å². The van der Waals surface area contributed by atoms with E-state index in [4.69, 9.17) is 0 Å². The maximum atomic E-state index is 12.9. The molecule has 1 aromatic rings. The molecule has 1 aliphatic carbocycles. The number of carbonyl (C=O) groups is 1.